The van der Waals surface area contributed by atoms with Crippen molar-refractivity contribution in [3.63, 3.8) is 0 Å². The average molecular weight is 386 g/mol. The first-order valence-electron chi connectivity index (χ1n) is 7.66. The number of aromatic nitrogens is 2. The van der Waals surface area contributed by atoms with E-state index in [1.165, 1.54) is 0 Å². The van der Waals surface area contributed by atoms with Crippen LogP contribution in [0.5, 0.6) is 0 Å². The minimum atomic E-state index is -4.95. The van der Waals surface area contributed by atoms with Gasteiger partial charge in [-0.25, -0.2) is 0 Å². The summed E-state index contributed by atoms with van der Waals surface area (Å²) in [5, 5.41) is 7.40. The lowest BCUT2D eigenvalue weighted by Gasteiger charge is -2.12. The lowest BCUT2D eigenvalue weighted by molar-refractivity contribution is -0.143. The van der Waals surface area contributed by atoms with Gasteiger partial charge < -0.3 is 4.42 Å². The molecule has 1 heterocycles. The minimum Gasteiger partial charge on any atom is -0.416 e. The number of halogens is 6. The fourth-order valence-electron chi connectivity index (χ4n) is 2.49. The van der Waals surface area contributed by atoms with E-state index in [4.69, 9.17) is 4.42 Å². The maximum absolute atomic E-state index is 13.0. The zero-order chi connectivity index (χ0) is 20.0. The highest BCUT2D eigenvalue weighted by molar-refractivity contribution is 5.62. The molecule has 9 heteroatoms. The molecule has 0 radical (unpaired) electrons. The Kier molecular flexibility index (Phi) is 4.49. The molecule has 0 aliphatic rings. The van der Waals surface area contributed by atoms with Crippen molar-refractivity contribution in [2.45, 2.75) is 26.2 Å². The average Bonchev–Trinajstić information content (AvgIpc) is 3.05. The monoisotopic (exact) mass is 386 g/mol. The predicted octanol–water partition coefficient (Wildman–Crippen LogP) is 6.06. The second-order valence-corrected chi connectivity index (χ2v) is 6.03. The van der Waals surface area contributed by atoms with Crippen molar-refractivity contribution < 1.29 is 30.8 Å². The second-order valence-electron chi connectivity index (χ2n) is 6.03. The number of rotatable bonds is 2. The quantitative estimate of drug-likeness (QED) is 0.503. The lowest BCUT2D eigenvalue weighted by atomic mass is 10.0. The Morgan fingerprint density at radius 1 is 0.741 bits per heavy atom. The molecule has 0 bridgehead atoms. The van der Waals surface area contributed by atoms with Gasteiger partial charge in [0, 0.05) is 11.1 Å². The summed E-state index contributed by atoms with van der Waals surface area (Å²) >= 11 is 0. The number of hydrogen-bond acceptors (Lipinski definition) is 3. The summed E-state index contributed by atoms with van der Waals surface area (Å²) in [6, 6.07) is 6.52. The van der Waals surface area contributed by atoms with Crippen LogP contribution in [0, 0.1) is 13.8 Å². The Hall–Kier alpha value is -2.84. The van der Waals surface area contributed by atoms with Crippen LogP contribution in [0.25, 0.3) is 22.9 Å². The molecule has 0 saturated heterocycles. The van der Waals surface area contributed by atoms with Crippen molar-refractivity contribution in [1.82, 2.24) is 10.2 Å². The molecule has 3 nitrogen and oxygen atoms in total. The molecule has 0 fully saturated rings. The molecule has 2 aromatic carbocycles. The van der Waals surface area contributed by atoms with E-state index >= 15 is 0 Å². The van der Waals surface area contributed by atoms with Gasteiger partial charge in [0.2, 0.25) is 11.8 Å². The van der Waals surface area contributed by atoms with E-state index in [1.54, 1.807) is 19.1 Å². The van der Waals surface area contributed by atoms with Gasteiger partial charge in [0.15, 0.2) is 0 Å². The maximum atomic E-state index is 13.0. The number of benzene rings is 2. The lowest BCUT2D eigenvalue weighted by Crippen LogP contribution is -2.11. The first-order chi connectivity index (χ1) is 12.4. The van der Waals surface area contributed by atoms with Gasteiger partial charge in [0.05, 0.1) is 11.1 Å². The first kappa shape index (κ1) is 18.9. The Bertz CT molecular complexity index is 956. The molecule has 0 amide bonds. The molecule has 27 heavy (non-hydrogen) atoms. The van der Waals surface area contributed by atoms with Gasteiger partial charge in [-0.2, -0.15) is 26.3 Å². The zero-order valence-electron chi connectivity index (χ0n) is 14.0. The van der Waals surface area contributed by atoms with Crippen molar-refractivity contribution in [1.29, 1.82) is 0 Å². The molecule has 0 aliphatic carbocycles. The largest absolute Gasteiger partial charge is 0.416 e. The van der Waals surface area contributed by atoms with Gasteiger partial charge in [-0.3, -0.25) is 0 Å². The van der Waals surface area contributed by atoms with E-state index in [9.17, 15) is 26.3 Å². The van der Waals surface area contributed by atoms with Crippen LogP contribution < -0.4 is 0 Å². The van der Waals surface area contributed by atoms with Crippen molar-refractivity contribution in [2.75, 3.05) is 0 Å². The van der Waals surface area contributed by atoms with E-state index in [1.807, 2.05) is 13.0 Å². The molecule has 0 saturated carbocycles. The van der Waals surface area contributed by atoms with Gasteiger partial charge in [-0.05, 0) is 43.7 Å². The molecule has 142 valence electrons. The summed E-state index contributed by atoms with van der Waals surface area (Å²) in [5.41, 5.74) is -1.14. The minimum absolute atomic E-state index is 0.0113. The molecule has 0 spiro atoms. The third-order valence-corrected chi connectivity index (χ3v) is 3.88. The molecular weight excluding hydrogens is 374 g/mol. The third-order valence-electron chi connectivity index (χ3n) is 3.88. The van der Waals surface area contributed by atoms with Crippen molar-refractivity contribution in [2.24, 2.45) is 0 Å². The smallest absolute Gasteiger partial charge is 0.416 e. The number of hydrogen-bond donors (Lipinski definition) is 0. The molecule has 3 aromatic rings. The normalized spacial score (nSPS) is 12.4. The summed E-state index contributed by atoms with van der Waals surface area (Å²) < 4.78 is 83.3. The maximum Gasteiger partial charge on any atom is 0.416 e. The summed E-state index contributed by atoms with van der Waals surface area (Å²) in [7, 11) is 0. The molecule has 0 atom stereocenters. The van der Waals surface area contributed by atoms with Gasteiger partial charge in [-0.15, -0.1) is 10.2 Å². The standard InChI is InChI=1S/C18H12F6N2O/c1-9-3-4-10(2)14(5-9)16-26-25-15(27-16)11-6-12(17(19,20)21)8-13(7-11)18(22,23)24/h3-8H,1-2H3. The van der Waals surface area contributed by atoms with Crippen LogP contribution in [-0.2, 0) is 12.4 Å². The van der Waals surface area contributed by atoms with E-state index in [2.05, 4.69) is 10.2 Å². The van der Waals surface area contributed by atoms with Crippen LogP contribution in [0.2, 0.25) is 0 Å². The molecule has 0 aliphatic heterocycles. The highest BCUT2D eigenvalue weighted by atomic mass is 19.4. The first-order valence-corrected chi connectivity index (χ1v) is 7.66. The molecule has 3 rings (SSSR count). The van der Waals surface area contributed by atoms with Crippen molar-refractivity contribution in [3.8, 4) is 22.9 Å². The van der Waals surface area contributed by atoms with Crippen LogP contribution in [0.4, 0.5) is 26.3 Å². The van der Waals surface area contributed by atoms with E-state index in [0.29, 0.717) is 17.7 Å². The molecular formula is C18H12F6N2O. The van der Waals surface area contributed by atoms with E-state index in [-0.39, 0.29) is 12.0 Å². The number of alkyl halides is 6. The summed E-state index contributed by atoms with van der Waals surface area (Å²) in [6.07, 6.45) is -9.90. The second kappa shape index (κ2) is 6.40. The summed E-state index contributed by atoms with van der Waals surface area (Å²) in [6.45, 7) is 3.59. The highest BCUT2D eigenvalue weighted by Gasteiger charge is 2.37. The molecule has 1 aromatic heterocycles. The highest BCUT2D eigenvalue weighted by Crippen LogP contribution is 2.38. The van der Waals surface area contributed by atoms with Crippen LogP contribution >= 0.6 is 0 Å². The van der Waals surface area contributed by atoms with Crippen molar-refractivity contribution in [3.05, 3.63) is 58.7 Å². The van der Waals surface area contributed by atoms with E-state index in [0.717, 1.165) is 11.1 Å². The SMILES string of the molecule is Cc1ccc(C)c(-c2nnc(-c3cc(C(F)(F)F)cc(C(F)(F)F)c3)o2)c1. The molecule has 0 N–H and O–H groups in total. The Labute approximate surface area is 149 Å². The van der Waals surface area contributed by atoms with Gasteiger partial charge in [0.25, 0.3) is 0 Å². The fourth-order valence-corrected chi connectivity index (χ4v) is 2.49. The van der Waals surface area contributed by atoms with Crippen molar-refractivity contribution >= 4 is 0 Å². The summed E-state index contributed by atoms with van der Waals surface area (Å²) in [5.74, 6) is -0.417. The zero-order valence-corrected chi connectivity index (χ0v) is 14.0. The summed E-state index contributed by atoms with van der Waals surface area (Å²) in [4.78, 5) is 0. The Morgan fingerprint density at radius 3 is 1.85 bits per heavy atom. The topological polar surface area (TPSA) is 38.9 Å². The van der Waals surface area contributed by atoms with Crippen LogP contribution in [0.1, 0.15) is 22.3 Å². The number of nitrogens with zero attached hydrogens (tertiary/aromatic N) is 2. The molecule has 0 unspecified atom stereocenters. The van der Waals surface area contributed by atoms with Gasteiger partial charge in [-0.1, -0.05) is 17.7 Å². The van der Waals surface area contributed by atoms with Crippen LogP contribution in [0.3, 0.4) is 0 Å². The Balaban J connectivity index is 2.12. The third kappa shape index (κ3) is 3.96. The fraction of sp³-hybridized carbons (Fsp3) is 0.222. The van der Waals surface area contributed by atoms with Crippen LogP contribution in [0.15, 0.2) is 40.8 Å². The number of aryl methyl sites for hydroxylation is 2. The van der Waals surface area contributed by atoms with Crippen LogP contribution in [-0.4, -0.2) is 10.2 Å². The van der Waals surface area contributed by atoms with E-state index < -0.39 is 34.9 Å². The van der Waals surface area contributed by atoms with Gasteiger partial charge >= 0.3 is 12.4 Å². The Morgan fingerprint density at radius 2 is 1.30 bits per heavy atom. The predicted molar refractivity (Wildman–Crippen MR) is 84.6 cm³/mol. The van der Waals surface area contributed by atoms with Gasteiger partial charge in [0.1, 0.15) is 0 Å².